The summed E-state index contributed by atoms with van der Waals surface area (Å²) in [7, 11) is 0. The lowest BCUT2D eigenvalue weighted by atomic mass is 9.94. The summed E-state index contributed by atoms with van der Waals surface area (Å²) in [6, 6.07) is 3.53. The molecule has 4 nitrogen and oxygen atoms in total. The van der Waals surface area contributed by atoms with Gasteiger partial charge in [0.1, 0.15) is 11.6 Å². The second-order valence-electron chi connectivity index (χ2n) is 6.62. The van der Waals surface area contributed by atoms with Gasteiger partial charge in [0.05, 0.1) is 12.6 Å². The van der Waals surface area contributed by atoms with Crippen LogP contribution in [0.4, 0.5) is 8.78 Å². The lowest BCUT2D eigenvalue weighted by molar-refractivity contribution is -0.123. The highest BCUT2D eigenvalue weighted by atomic mass is 19.1. The van der Waals surface area contributed by atoms with Crippen molar-refractivity contribution in [3.8, 4) is 0 Å². The summed E-state index contributed by atoms with van der Waals surface area (Å²) in [5, 5.41) is 12.4. The number of nitrogens with zero attached hydrogens (tertiary/aromatic N) is 1. The Morgan fingerprint density at radius 2 is 1.88 bits per heavy atom. The molecule has 2 rings (SSSR count). The van der Waals surface area contributed by atoms with Gasteiger partial charge in [-0.25, -0.2) is 8.78 Å². The van der Waals surface area contributed by atoms with Crippen molar-refractivity contribution in [1.29, 1.82) is 0 Å². The molecule has 1 aromatic rings. The molecule has 0 aliphatic heterocycles. The second-order valence-corrected chi connectivity index (χ2v) is 6.62. The topological polar surface area (TPSA) is 52.6 Å². The second kappa shape index (κ2) is 9.08. The van der Waals surface area contributed by atoms with E-state index in [1.54, 1.807) is 6.92 Å². The predicted octanol–water partition coefficient (Wildman–Crippen LogP) is 2.60. The average molecular weight is 340 g/mol. The summed E-state index contributed by atoms with van der Waals surface area (Å²) in [5.41, 5.74) is 0.389. The van der Waals surface area contributed by atoms with Gasteiger partial charge in [-0.2, -0.15) is 0 Å². The van der Waals surface area contributed by atoms with Crippen LogP contribution in [-0.4, -0.2) is 41.1 Å². The van der Waals surface area contributed by atoms with Crippen LogP contribution in [0.3, 0.4) is 0 Å². The molecule has 0 aromatic heterocycles. The molecule has 1 aliphatic rings. The van der Waals surface area contributed by atoms with E-state index in [2.05, 4.69) is 5.32 Å². The number of nitrogens with one attached hydrogen (secondary N) is 1. The SMILES string of the molecule is CC(O)CN(CC(=O)NCc1cc(F)cc(F)c1)C1CCCCC1. The lowest BCUT2D eigenvalue weighted by Crippen LogP contribution is -2.46. The fraction of sp³-hybridized carbons (Fsp3) is 0.611. The molecular formula is C18H26F2N2O2. The molecule has 1 aliphatic carbocycles. The molecule has 6 heteroatoms. The molecule has 134 valence electrons. The van der Waals surface area contributed by atoms with Gasteiger partial charge < -0.3 is 10.4 Å². The summed E-state index contributed by atoms with van der Waals surface area (Å²) in [6.07, 6.45) is 5.08. The van der Waals surface area contributed by atoms with E-state index in [9.17, 15) is 18.7 Å². The number of halogens is 2. The van der Waals surface area contributed by atoms with Crippen molar-refractivity contribution >= 4 is 5.91 Å². The molecule has 1 atom stereocenters. The Balaban J connectivity index is 1.89. The number of hydrogen-bond acceptors (Lipinski definition) is 3. The van der Waals surface area contributed by atoms with Crippen molar-refractivity contribution in [2.45, 2.75) is 57.7 Å². The normalized spacial score (nSPS) is 17.0. The number of aliphatic hydroxyl groups excluding tert-OH is 1. The zero-order valence-corrected chi connectivity index (χ0v) is 14.1. The zero-order valence-electron chi connectivity index (χ0n) is 14.1. The van der Waals surface area contributed by atoms with Crippen LogP contribution < -0.4 is 5.32 Å². The van der Waals surface area contributed by atoms with Gasteiger partial charge >= 0.3 is 0 Å². The molecule has 0 radical (unpaired) electrons. The van der Waals surface area contributed by atoms with Crippen molar-refractivity contribution in [3.63, 3.8) is 0 Å². The third-order valence-electron chi connectivity index (χ3n) is 4.35. The molecule has 0 spiro atoms. The van der Waals surface area contributed by atoms with E-state index in [1.165, 1.54) is 18.6 Å². The first-order valence-electron chi connectivity index (χ1n) is 8.58. The quantitative estimate of drug-likeness (QED) is 0.802. The van der Waals surface area contributed by atoms with Crippen LogP contribution in [0.1, 0.15) is 44.6 Å². The van der Waals surface area contributed by atoms with E-state index >= 15 is 0 Å². The summed E-state index contributed by atoms with van der Waals surface area (Å²) in [6.45, 7) is 2.43. The monoisotopic (exact) mass is 340 g/mol. The summed E-state index contributed by atoms with van der Waals surface area (Å²) in [5.74, 6) is -1.51. The summed E-state index contributed by atoms with van der Waals surface area (Å²) in [4.78, 5) is 14.2. The number of aliphatic hydroxyl groups is 1. The first kappa shape index (κ1) is 18.8. The Labute approximate surface area is 141 Å². The average Bonchev–Trinajstić information content (AvgIpc) is 2.52. The molecule has 1 aromatic carbocycles. The first-order valence-corrected chi connectivity index (χ1v) is 8.58. The first-order chi connectivity index (χ1) is 11.4. The zero-order chi connectivity index (χ0) is 17.5. The van der Waals surface area contributed by atoms with E-state index in [4.69, 9.17) is 0 Å². The van der Waals surface area contributed by atoms with E-state index in [0.717, 1.165) is 31.7 Å². The molecule has 0 bridgehead atoms. The van der Waals surface area contributed by atoms with Crippen LogP contribution in [0.2, 0.25) is 0 Å². The van der Waals surface area contributed by atoms with Crippen LogP contribution in [0, 0.1) is 11.6 Å². The Morgan fingerprint density at radius 3 is 2.46 bits per heavy atom. The molecule has 1 amide bonds. The molecule has 1 fully saturated rings. The third kappa shape index (κ3) is 6.17. The van der Waals surface area contributed by atoms with E-state index < -0.39 is 17.7 Å². The predicted molar refractivity (Wildman–Crippen MR) is 88.3 cm³/mol. The number of carbonyl (C=O) groups excluding carboxylic acids is 1. The van der Waals surface area contributed by atoms with Crippen LogP contribution in [0.5, 0.6) is 0 Å². The van der Waals surface area contributed by atoms with Crippen LogP contribution in [-0.2, 0) is 11.3 Å². The van der Waals surface area contributed by atoms with E-state index in [0.29, 0.717) is 18.2 Å². The largest absolute Gasteiger partial charge is 0.392 e. The van der Waals surface area contributed by atoms with E-state index in [-0.39, 0.29) is 19.0 Å². The minimum atomic E-state index is -0.655. The van der Waals surface area contributed by atoms with Crippen LogP contribution in [0.15, 0.2) is 18.2 Å². The minimum absolute atomic E-state index is 0.0840. The maximum absolute atomic E-state index is 13.2. The van der Waals surface area contributed by atoms with Crippen LogP contribution in [0.25, 0.3) is 0 Å². The summed E-state index contributed by atoms with van der Waals surface area (Å²) < 4.78 is 26.3. The highest BCUT2D eigenvalue weighted by Crippen LogP contribution is 2.22. The minimum Gasteiger partial charge on any atom is -0.392 e. The highest BCUT2D eigenvalue weighted by molar-refractivity contribution is 5.78. The summed E-state index contributed by atoms with van der Waals surface area (Å²) >= 11 is 0. The van der Waals surface area contributed by atoms with Gasteiger partial charge in [0.25, 0.3) is 0 Å². The fourth-order valence-electron chi connectivity index (χ4n) is 3.28. The standard InChI is InChI=1S/C18H26F2N2O2/c1-13(23)11-22(17-5-3-2-4-6-17)12-18(24)21-10-14-7-15(19)9-16(20)8-14/h7-9,13,17,23H,2-6,10-12H2,1H3,(H,21,24). The van der Waals surface area contributed by atoms with Gasteiger partial charge in [-0.1, -0.05) is 19.3 Å². The van der Waals surface area contributed by atoms with Crippen molar-refractivity contribution in [2.24, 2.45) is 0 Å². The fourth-order valence-corrected chi connectivity index (χ4v) is 3.28. The molecule has 24 heavy (non-hydrogen) atoms. The van der Waals surface area contributed by atoms with Crippen molar-refractivity contribution < 1.29 is 18.7 Å². The van der Waals surface area contributed by atoms with Gasteiger partial charge in [0.2, 0.25) is 5.91 Å². The van der Waals surface area contributed by atoms with Gasteiger partial charge in [0.15, 0.2) is 0 Å². The van der Waals surface area contributed by atoms with Gasteiger partial charge in [-0.05, 0) is 37.5 Å². The third-order valence-corrected chi connectivity index (χ3v) is 4.35. The number of carbonyl (C=O) groups is 1. The number of benzene rings is 1. The maximum Gasteiger partial charge on any atom is 0.234 e. The number of hydrogen-bond donors (Lipinski definition) is 2. The highest BCUT2D eigenvalue weighted by Gasteiger charge is 2.24. The molecule has 0 saturated heterocycles. The van der Waals surface area contributed by atoms with Gasteiger partial charge in [-0.15, -0.1) is 0 Å². The lowest BCUT2D eigenvalue weighted by Gasteiger charge is -2.34. The molecule has 1 unspecified atom stereocenters. The Morgan fingerprint density at radius 1 is 1.25 bits per heavy atom. The van der Waals surface area contributed by atoms with E-state index in [1.807, 2.05) is 4.90 Å². The van der Waals surface area contributed by atoms with Crippen molar-refractivity contribution in [1.82, 2.24) is 10.2 Å². The Hall–Kier alpha value is -1.53. The Bertz CT molecular complexity index is 526. The Kier molecular flexibility index (Phi) is 7.12. The number of rotatable bonds is 7. The maximum atomic E-state index is 13.2. The molecule has 2 N–H and O–H groups in total. The molecule has 0 heterocycles. The molecule has 1 saturated carbocycles. The van der Waals surface area contributed by atoms with Crippen LogP contribution >= 0.6 is 0 Å². The number of amides is 1. The smallest absolute Gasteiger partial charge is 0.234 e. The molecular weight excluding hydrogens is 314 g/mol. The van der Waals surface area contributed by atoms with Crippen molar-refractivity contribution in [2.75, 3.05) is 13.1 Å². The van der Waals surface area contributed by atoms with Gasteiger partial charge in [0, 0.05) is 25.2 Å². The van der Waals surface area contributed by atoms with Gasteiger partial charge in [-0.3, -0.25) is 9.69 Å². The van der Waals surface area contributed by atoms with Crippen molar-refractivity contribution in [3.05, 3.63) is 35.4 Å².